The smallest absolute Gasteiger partial charge is 0.341 e. The van der Waals surface area contributed by atoms with Gasteiger partial charge in [-0.2, -0.15) is 0 Å². The number of carbonyl (C=O) groups is 2. The van der Waals surface area contributed by atoms with E-state index in [1.54, 1.807) is 6.07 Å². The Morgan fingerprint density at radius 3 is 2.21 bits per heavy atom. The van der Waals surface area contributed by atoms with Crippen LogP contribution in [0, 0.1) is 39.3 Å². The Morgan fingerprint density at radius 1 is 0.917 bits per heavy atom. The van der Waals surface area contributed by atoms with E-state index in [1.165, 1.54) is 0 Å². The number of halogens is 2. The number of Topliss-reactive ketones (excluding diaryl/α,β-unsaturated/α-hetero) is 1. The zero-order valence-corrected chi connectivity index (χ0v) is 14.0. The lowest BCUT2D eigenvalue weighted by atomic mass is 9.93. The monoisotopic (exact) mass is 332 g/mol. The summed E-state index contributed by atoms with van der Waals surface area (Å²) in [6, 6.07) is 4.29. The summed E-state index contributed by atoms with van der Waals surface area (Å²) in [5, 5.41) is 0. The average Bonchev–Trinajstić information content (AvgIpc) is 2.53. The summed E-state index contributed by atoms with van der Waals surface area (Å²) < 4.78 is 31.3. The number of carbonyl (C=O) groups excluding carboxylic acids is 2. The highest BCUT2D eigenvalue weighted by molar-refractivity contribution is 6.01. The Morgan fingerprint density at radius 2 is 1.58 bits per heavy atom. The Bertz CT molecular complexity index is 826. The predicted molar refractivity (Wildman–Crippen MR) is 86.4 cm³/mol. The molecule has 0 radical (unpaired) electrons. The molecule has 0 saturated heterocycles. The number of hydrogen-bond donors (Lipinski definition) is 0. The molecule has 0 aromatic heterocycles. The summed E-state index contributed by atoms with van der Waals surface area (Å²) in [4.78, 5) is 24.2. The fourth-order valence-corrected chi connectivity index (χ4v) is 2.44. The lowest BCUT2D eigenvalue weighted by molar-refractivity contribution is 0.0469. The van der Waals surface area contributed by atoms with Gasteiger partial charge in [-0.05, 0) is 68.1 Å². The van der Waals surface area contributed by atoms with Crippen molar-refractivity contribution in [2.45, 2.75) is 27.7 Å². The third-order valence-electron chi connectivity index (χ3n) is 4.27. The van der Waals surface area contributed by atoms with E-state index in [4.69, 9.17) is 4.74 Å². The van der Waals surface area contributed by atoms with Crippen LogP contribution in [0.2, 0.25) is 0 Å². The van der Waals surface area contributed by atoms with E-state index in [1.807, 2.05) is 27.7 Å². The lowest BCUT2D eigenvalue weighted by Gasteiger charge is -2.13. The van der Waals surface area contributed by atoms with Crippen molar-refractivity contribution >= 4 is 11.8 Å². The van der Waals surface area contributed by atoms with Crippen LogP contribution in [0.4, 0.5) is 8.78 Å². The van der Waals surface area contributed by atoms with Gasteiger partial charge in [0.05, 0.1) is 5.56 Å². The Labute approximate surface area is 139 Å². The molecule has 0 fully saturated rings. The molecule has 0 N–H and O–H groups in total. The quantitative estimate of drug-likeness (QED) is 0.621. The number of benzene rings is 2. The summed E-state index contributed by atoms with van der Waals surface area (Å²) in [6.07, 6.45) is 0. The number of ether oxygens (including phenoxy) is 1. The fourth-order valence-electron chi connectivity index (χ4n) is 2.44. The first-order valence-corrected chi connectivity index (χ1v) is 7.45. The molecule has 0 aliphatic heterocycles. The molecule has 24 heavy (non-hydrogen) atoms. The second-order valence-electron chi connectivity index (χ2n) is 5.74. The van der Waals surface area contributed by atoms with Gasteiger partial charge in [-0.3, -0.25) is 4.79 Å². The first kappa shape index (κ1) is 17.8. The zero-order chi connectivity index (χ0) is 18.0. The van der Waals surface area contributed by atoms with Crippen molar-refractivity contribution in [2.24, 2.45) is 0 Å². The summed E-state index contributed by atoms with van der Waals surface area (Å²) in [6.45, 7) is 7.13. The zero-order valence-electron chi connectivity index (χ0n) is 14.0. The third kappa shape index (κ3) is 3.50. The van der Waals surface area contributed by atoms with Gasteiger partial charge in [0.2, 0.25) is 5.78 Å². The first-order valence-electron chi connectivity index (χ1n) is 7.45. The average molecular weight is 332 g/mol. The van der Waals surface area contributed by atoms with Crippen LogP contribution in [-0.2, 0) is 4.74 Å². The molecule has 2 aromatic carbocycles. The molecule has 0 amide bonds. The van der Waals surface area contributed by atoms with Gasteiger partial charge in [0.15, 0.2) is 6.61 Å². The maximum Gasteiger partial charge on any atom is 0.341 e. The number of rotatable bonds is 4. The van der Waals surface area contributed by atoms with E-state index >= 15 is 0 Å². The van der Waals surface area contributed by atoms with Gasteiger partial charge in [0.25, 0.3) is 0 Å². The number of aryl methyl sites for hydroxylation is 1. The van der Waals surface area contributed by atoms with E-state index in [0.29, 0.717) is 11.6 Å². The first-order chi connectivity index (χ1) is 11.2. The topological polar surface area (TPSA) is 43.4 Å². The van der Waals surface area contributed by atoms with Gasteiger partial charge < -0.3 is 4.74 Å². The van der Waals surface area contributed by atoms with Gasteiger partial charge in [-0.25, -0.2) is 13.6 Å². The van der Waals surface area contributed by atoms with Crippen LogP contribution in [0.25, 0.3) is 0 Å². The Hall–Kier alpha value is -2.56. The predicted octanol–water partition coefficient (Wildman–Crippen LogP) is 4.24. The van der Waals surface area contributed by atoms with E-state index in [9.17, 15) is 18.4 Å². The minimum atomic E-state index is -1.02. The SMILES string of the molecule is Cc1cc(C(=O)COC(=O)c2ccc(F)cc2F)c(C)c(C)c1C. The van der Waals surface area contributed by atoms with Crippen molar-refractivity contribution in [3.8, 4) is 0 Å². The van der Waals surface area contributed by atoms with E-state index in [0.717, 1.165) is 34.4 Å². The Kier molecular flexibility index (Phi) is 5.12. The largest absolute Gasteiger partial charge is 0.454 e. The van der Waals surface area contributed by atoms with Crippen molar-refractivity contribution in [3.63, 3.8) is 0 Å². The molecule has 0 aliphatic rings. The van der Waals surface area contributed by atoms with E-state index in [-0.39, 0.29) is 5.78 Å². The second kappa shape index (κ2) is 6.91. The van der Waals surface area contributed by atoms with Crippen molar-refractivity contribution in [3.05, 3.63) is 69.3 Å². The number of esters is 1. The van der Waals surface area contributed by atoms with Crippen LogP contribution >= 0.6 is 0 Å². The van der Waals surface area contributed by atoms with E-state index < -0.39 is 29.8 Å². The molecule has 3 nitrogen and oxygen atoms in total. The fraction of sp³-hybridized carbons (Fsp3) is 0.263. The van der Waals surface area contributed by atoms with Gasteiger partial charge >= 0.3 is 5.97 Å². The van der Waals surface area contributed by atoms with Crippen molar-refractivity contribution in [2.75, 3.05) is 6.61 Å². The minimum Gasteiger partial charge on any atom is -0.454 e. The summed E-state index contributed by atoms with van der Waals surface area (Å²) in [5.74, 6) is -3.18. The van der Waals surface area contributed by atoms with Crippen LogP contribution in [0.1, 0.15) is 43.0 Å². The van der Waals surface area contributed by atoms with Crippen molar-refractivity contribution < 1.29 is 23.1 Å². The lowest BCUT2D eigenvalue weighted by Crippen LogP contribution is -2.17. The van der Waals surface area contributed by atoms with E-state index in [2.05, 4.69) is 0 Å². The minimum absolute atomic E-state index is 0.366. The van der Waals surface area contributed by atoms with Crippen LogP contribution < -0.4 is 0 Å². The molecular formula is C19H18F2O3. The molecule has 2 rings (SSSR count). The second-order valence-corrected chi connectivity index (χ2v) is 5.74. The van der Waals surface area contributed by atoms with Gasteiger partial charge in [0, 0.05) is 11.6 Å². The van der Waals surface area contributed by atoms with Crippen LogP contribution in [0.15, 0.2) is 24.3 Å². The molecule has 0 bridgehead atoms. The maximum atomic E-state index is 13.5. The van der Waals surface area contributed by atoms with Crippen LogP contribution in [0.5, 0.6) is 0 Å². The highest BCUT2D eigenvalue weighted by Gasteiger charge is 2.18. The standard InChI is InChI=1S/C19H18F2O3/c1-10-7-16(13(4)12(3)11(10)2)18(22)9-24-19(23)15-6-5-14(20)8-17(15)21/h5-8H,9H2,1-4H3. The molecule has 0 saturated carbocycles. The van der Waals surface area contributed by atoms with Gasteiger partial charge in [-0.15, -0.1) is 0 Å². The summed E-state index contributed by atoms with van der Waals surface area (Å²) in [7, 11) is 0. The molecule has 126 valence electrons. The molecule has 0 spiro atoms. The summed E-state index contributed by atoms with van der Waals surface area (Å²) >= 11 is 0. The normalized spacial score (nSPS) is 10.6. The van der Waals surface area contributed by atoms with Gasteiger partial charge in [-0.1, -0.05) is 0 Å². The molecule has 0 unspecified atom stereocenters. The Balaban J connectivity index is 2.15. The third-order valence-corrected chi connectivity index (χ3v) is 4.27. The molecule has 0 atom stereocenters. The molecule has 0 heterocycles. The highest BCUT2D eigenvalue weighted by atomic mass is 19.1. The van der Waals surface area contributed by atoms with Crippen molar-refractivity contribution in [1.82, 2.24) is 0 Å². The van der Waals surface area contributed by atoms with Crippen LogP contribution in [0.3, 0.4) is 0 Å². The summed E-state index contributed by atoms with van der Waals surface area (Å²) in [5.41, 5.74) is 3.98. The van der Waals surface area contributed by atoms with Crippen molar-refractivity contribution in [1.29, 1.82) is 0 Å². The highest BCUT2D eigenvalue weighted by Crippen LogP contribution is 2.22. The van der Waals surface area contributed by atoms with Crippen LogP contribution in [-0.4, -0.2) is 18.4 Å². The number of ketones is 1. The molecule has 2 aromatic rings. The maximum absolute atomic E-state index is 13.5. The van der Waals surface area contributed by atoms with Gasteiger partial charge in [0.1, 0.15) is 11.6 Å². The molecule has 0 aliphatic carbocycles. The molecular weight excluding hydrogens is 314 g/mol. The molecule has 5 heteroatoms. The number of hydrogen-bond acceptors (Lipinski definition) is 3.